The Morgan fingerprint density at radius 3 is 2.25 bits per heavy atom. The van der Waals surface area contributed by atoms with Crippen molar-refractivity contribution in [3.63, 3.8) is 0 Å². The summed E-state index contributed by atoms with van der Waals surface area (Å²) in [7, 11) is 0. The average Bonchev–Trinajstić information content (AvgIpc) is 2.76. The summed E-state index contributed by atoms with van der Waals surface area (Å²) in [5, 5.41) is 0. The van der Waals surface area contributed by atoms with Crippen molar-refractivity contribution in [3.05, 3.63) is 54.4 Å². The van der Waals surface area contributed by atoms with Crippen molar-refractivity contribution in [2.75, 3.05) is 50.7 Å². The third-order valence-corrected chi connectivity index (χ3v) is 5.90. The normalized spacial score (nSPS) is 19.0. The lowest BCUT2D eigenvalue weighted by atomic mass is 9.90. The van der Waals surface area contributed by atoms with Crippen molar-refractivity contribution in [1.29, 1.82) is 0 Å². The molecular formula is C22H29N5O. The molecule has 1 amide bonds. The van der Waals surface area contributed by atoms with Crippen LogP contribution in [-0.2, 0) is 11.2 Å². The number of piperidine rings is 1. The molecule has 0 atom stereocenters. The van der Waals surface area contributed by atoms with Crippen LogP contribution < -0.4 is 4.90 Å². The maximum Gasteiger partial charge on any atom is 0.236 e. The lowest BCUT2D eigenvalue weighted by Gasteiger charge is -2.37. The highest BCUT2D eigenvalue weighted by Gasteiger charge is 2.26. The first kappa shape index (κ1) is 18.9. The van der Waals surface area contributed by atoms with Gasteiger partial charge in [0, 0.05) is 38.6 Å². The third-order valence-electron chi connectivity index (χ3n) is 5.90. The van der Waals surface area contributed by atoms with Gasteiger partial charge in [0.25, 0.3) is 0 Å². The molecule has 0 spiro atoms. The summed E-state index contributed by atoms with van der Waals surface area (Å²) in [6.45, 7) is 5.72. The van der Waals surface area contributed by atoms with E-state index >= 15 is 0 Å². The Morgan fingerprint density at radius 1 is 0.893 bits per heavy atom. The second-order valence-corrected chi connectivity index (χ2v) is 7.83. The fourth-order valence-electron chi connectivity index (χ4n) is 4.20. The Morgan fingerprint density at radius 2 is 1.57 bits per heavy atom. The molecule has 0 unspecified atom stereocenters. The van der Waals surface area contributed by atoms with Gasteiger partial charge < -0.3 is 9.80 Å². The number of nitrogens with zero attached hydrogens (tertiary/aromatic N) is 5. The Bertz CT molecular complexity index is 738. The van der Waals surface area contributed by atoms with E-state index in [1.807, 2.05) is 11.0 Å². The van der Waals surface area contributed by atoms with Gasteiger partial charge in [-0.1, -0.05) is 30.3 Å². The number of rotatable bonds is 5. The Balaban J connectivity index is 1.19. The highest BCUT2D eigenvalue weighted by molar-refractivity contribution is 5.78. The number of piperazine rings is 1. The first-order chi connectivity index (χ1) is 13.8. The Kier molecular flexibility index (Phi) is 6.17. The molecular weight excluding hydrogens is 350 g/mol. The molecule has 6 nitrogen and oxygen atoms in total. The molecule has 2 aliphatic heterocycles. The van der Waals surface area contributed by atoms with E-state index in [2.05, 4.69) is 50.1 Å². The summed E-state index contributed by atoms with van der Waals surface area (Å²) in [5.41, 5.74) is 1.43. The molecule has 4 rings (SSSR count). The van der Waals surface area contributed by atoms with Crippen molar-refractivity contribution in [3.8, 4) is 0 Å². The zero-order valence-corrected chi connectivity index (χ0v) is 16.4. The van der Waals surface area contributed by atoms with Crippen LogP contribution in [0.2, 0.25) is 0 Å². The van der Waals surface area contributed by atoms with E-state index in [1.165, 1.54) is 18.4 Å². The molecule has 2 saturated heterocycles. The van der Waals surface area contributed by atoms with Crippen molar-refractivity contribution in [1.82, 2.24) is 19.8 Å². The van der Waals surface area contributed by atoms with Crippen LogP contribution in [0, 0.1) is 5.92 Å². The van der Waals surface area contributed by atoms with Crippen molar-refractivity contribution in [2.45, 2.75) is 19.3 Å². The summed E-state index contributed by atoms with van der Waals surface area (Å²) in [6.07, 6.45) is 7.05. The van der Waals surface area contributed by atoms with Crippen LogP contribution in [-0.4, -0.2) is 71.5 Å². The molecule has 0 radical (unpaired) electrons. The topological polar surface area (TPSA) is 52.6 Å². The lowest BCUT2D eigenvalue weighted by Crippen LogP contribution is -2.52. The summed E-state index contributed by atoms with van der Waals surface area (Å²) < 4.78 is 0. The molecule has 1 aromatic heterocycles. The second kappa shape index (κ2) is 9.15. The van der Waals surface area contributed by atoms with Crippen LogP contribution in [0.15, 0.2) is 48.8 Å². The zero-order chi connectivity index (χ0) is 19.2. The van der Waals surface area contributed by atoms with Crippen LogP contribution in [0.5, 0.6) is 0 Å². The van der Waals surface area contributed by atoms with E-state index in [9.17, 15) is 4.79 Å². The number of amides is 1. The molecule has 0 bridgehead atoms. The number of anilines is 1. The minimum atomic E-state index is 0.259. The smallest absolute Gasteiger partial charge is 0.236 e. The van der Waals surface area contributed by atoms with Gasteiger partial charge in [-0.15, -0.1) is 0 Å². The van der Waals surface area contributed by atoms with E-state index < -0.39 is 0 Å². The predicted molar refractivity (Wildman–Crippen MR) is 110 cm³/mol. The summed E-state index contributed by atoms with van der Waals surface area (Å²) in [4.78, 5) is 27.8. The molecule has 148 valence electrons. The molecule has 0 N–H and O–H groups in total. The van der Waals surface area contributed by atoms with E-state index in [-0.39, 0.29) is 5.91 Å². The molecule has 0 saturated carbocycles. The fourth-order valence-corrected chi connectivity index (χ4v) is 4.20. The average molecular weight is 380 g/mol. The molecule has 2 aliphatic rings. The largest absolute Gasteiger partial charge is 0.338 e. The predicted octanol–water partition coefficient (Wildman–Crippen LogP) is 2.08. The number of carbonyl (C=O) groups excluding carboxylic acids is 1. The molecule has 1 aromatic carbocycles. The number of hydrogen-bond acceptors (Lipinski definition) is 5. The van der Waals surface area contributed by atoms with Gasteiger partial charge in [-0.3, -0.25) is 9.69 Å². The van der Waals surface area contributed by atoms with Crippen molar-refractivity contribution < 1.29 is 4.79 Å². The lowest BCUT2D eigenvalue weighted by molar-refractivity contribution is -0.133. The Labute approximate surface area is 167 Å². The standard InChI is InChI=1S/C22H29N5O/c28-21(26-13-15-27(16-14-26)22-23-9-4-10-24-22)18-25-11-7-20(8-12-25)17-19-5-2-1-3-6-19/h1-6,9-10,20H,7-8,11-18H2. The fraction of sp³-hybridized carbons (Fsp3) is 0.500. The van der Waals surface area contributed by atoms with Gasteiger partial charge in [0.05, 0.1) is 6.54 Å². The number of benzene rings is 1. The number of carbonyl (C=O) groups is 1. The zero-order valence-electron chi connectivity index (χ0n) is 16.4. The van der Waals surface area contributed by atoms with Gasteiger partial charge in [-0.05, 0) is 49.9 Å². The van der Waals surface area contributed by atoms with Crippen LogP contribution in [0.4, 0.5) is 5.95 Å². The molecule has 2 fully saturated rings. The van der Waals surface area contributed by atoms with Gasteiger partial charge in [-0.25, -0.2) is 9.97 Å². The highest BCUT2D eigenvalue weighted by Crippen LogP contribution is 2.21. The summed E-state index contributed by atoms with van der Waals surface area (Å²) >= 11 is 0. The maximum atomic E-state index is 12.7. The minimum absolute atomic E-state index is 0.259. The van der Waals surface area contributed by atoms with Gasteiger partial charge >= 0.3 is 0 Å². The van der Waals surface area contributed by atoms with Crippen molar-refractivity contribution >= 4 is 11.9 Å². The van der Waals surface area contributed by atoms with E-state index in [1.54, 1.807) is 12.4 Å². The van der Waals surface area contributed by atoms with Gasteiger partial charge in [0.1, 0.15) is 0 Å². The monoisotopic (exact) mass is 379 g/mol. The summed E-state index contributed by atoms with van der Waals surface area (Å²) in [5.74, 6) is 1.76. The first-order valence-corrected chi connectivity index (χ1v) is 10.3. The van der Waals surface area contributed by atoms with Gasteiger partial charge in [0.2, 0.25) is 11.9 Å². The van der Waals surface area contributed by atoms with Crippen molar-refractivity contribution in [2.24, 2.45) is 5.92 Å². The third kappa shape index (κ3) is 4.87. The van der Waals surface area contributed by atoms with Crippen LogP contribution in [0.3, 0.4) is 0 Å². The SMILES string of the molecule is O=C(CN1CCC(Cc2ccccc2)CC1)N1CCN(c2ncccn2)CC1. The summed E-state index contributed by atoms with van der Waals surface area (Å²) in [6, 6.07) is 12.6. The van der Waals surface area contributed by atoms with E-state index in [4.69, 9.17) is 0 Å². The molecule has 28 heavy (non-hydrogen) atoms. The van der Waals surface area contributed by atoms with E-state index in [0.29, 0.717) is 6.54 Å². The second-order valence-electron chi connectivity index (χ2n) is 7.83. The highest BCUT2D eigenvalue weighted by atomic mass is 16.2. The molecule has 3 heterocycles. The molecule has 6 heteroatoms. The van der Waals surface area contributed by atoms with Gasteiger partial charge in [-0.2, -0.15) is 0 Å². The van der Waals surface area contributed by atoms with E-state index in [0.717, 1.165) is 57.6 Å². The minimum Gasteiger partial charge on any atom is -0.338 e. The first-order valence-electron chi connectivity index (χ1n) is 10.3. The molecule has 2 aromatic rings. The van der Waals surface area contributed by atoms with Gasteiger partial charge in [0.15, 0.2) is 0 Å². The number of likely N-dealkylation sites (tertiary alicyclic amines) is 1. The quantitative estimate of drug-likeness (QED) is 0.796. The van der Waals surface area contributed by atoms with Crippen LogP contribution in [0.1, 0.15) is 18.4 Å². The van der Waals surface area contributed by atoms with Crippen LogP contribution in [0.25, 0.3) is 0 Å². The Hall–Kier alpha value is -2.47. The maximum absolute atomic E-state index is 12.7. The van der Waals surface area contributed by atoms with Crippen LogP contribution >= 0.6 is 0 Å². The number of aromatic nitrogens is 2. The molecule has 0 aliphatic carbocycles. The number of hydrogen-bond donors (Lipinski definition) is 0.